The molecule has 1 N–H and O–H groups in total. The van der Waals surface area contributed by atoms with Crippen molar-refractivity contribution >= 4 is 21.7 Å². The zero-order chi connectivity index (χ0) is 19.6. The predicted octanol–water partition coefficient (Wildman–Crippen LogP) is 3.14. The van der Waals surface area contributed by atoms with Gasteiger partial charge in [-0.05, 0) is 36.5 Å². The number of nitrogens with zero attached hydrogens (tertiary/aromatic N) is 2. The Balaban J connectivity index is 1.41. The minimum atomic E-state index is -3.34. The van der Waals surface area contributed by atoms with Gasteiger partial charge in [0, 0.05) is 31.9 Å². The Labute approximate surface area is 166 Å². The molecule has 7 heteroatoms. The first-order chi connectivity index (χ1) is 13.5. The third kappa shape index (κ3) is 3.91. The smallest absolute Gasteiger partial charge is 0.321 e. The van der Waals surface area contributed by atoms with E-state index in [0.717, 1.165) is 11.3 Å². The number of carbonyl (C=O) groups excluding carboxylic acids is 1. The molecule has 28 heavy (non-hydrogen) atoms. The highest BCUT2D eigenvalue weighted by molar-refractivity contribution is 7.90. The number of benzene rings is 2. The van der Waals surface area contributed by atoms with Gasteiger partial charge < -0.3 is 10.2 Å². The fraction of sp³-hybridized carbons (Fsp3) is 0.381. The minimum Gasteiger partial charge on any atom is -0.324 e. The first kappa shape index (κ1) is 19.0. The third-order valence-corrected chi connectivity index (χ3v) is 8.06. The number of amides is 2. The fourth-order valence-corrected chi connectivity index (χ4v) is 6.39. The Morgan fingerprint density at radius 1 is 0.964 bits per heavy atom. The van der Waals surface area contributed by atoms with Crippen molar-refractivity contribution in [3.63, 3.8) is 0 Å². The van der Waals surface area contributed by atoms with Crippen LogP contribution in [0.5, 0.6) is 0 Å². The molecule has 0 aromatic heterocycles. The van der Waals surface area contributed by atoms with Crippen LogP contribution >= 0.6 is 0 Å². The number of rotatable bonds is 3. The molecule has 2 aromatic carbocycles. The van der Waals surface area contributed by atoms with Crippen LogP contribution in [0.25, 0.3) is 0 Å². The number of para-hydroxylation sites is 1. The maximum Gasteiger partial charge on any atom is 0.321 e. The number of hydrogen-bond donors (Lipinski definition) is 1. The molecular weight excluding hydrogens is 374 g/mol. The molecule has 2 aliphatic rings. The number of hydrogen-bond acceptors (Lipinski definition) is 3. The van der Waals surface area contributed by atoms with Crippen molar-refractivity contribution in [2.45, 2.75) is 24.6 Å². The van der Waals surface area contributed by atoms with Crippen molar-refractivity contribution < 1.29 is 13.2 Å². The van der Waals surface area contributed by atoms with Gasteiger partial charge in [0.1, 0.15) is 0 Å². The summed E-state index contributed by atoms with van der Waals surface area (Å²) >= 11 is 0. The van der Waals surface area contributed by atoms with Gasteiger partial charge in [0.15, 0.2) is 0 Å². The quantitative estimate of drug-likeness (QED) is 0.862. The average molecular weight is 400 g/mol. The molecule has 4 rings (SSSR count). The lowest BCUT2D eigenvalue weighted by Gasteiger charge is -2.22. The van der Waals surface area contributed by atoms with E-state index in [0.29, 0.717) is 39.0 Å². The number of sulfonamides is 1. The first-order valence-corrected chi connectivity index (χ1v) is 11.2. The number of carbonyl (C=O) groups is 1. The van der Waals surface area contributed by atoms with E-state index in [2.05, 4.69) is 5.32 Å². The first-order valence-electron chi connectivity index (χ1n) is 9.68. The molecule has 2 heterocycles. The van der Waals surface area contributed by atoms with E-state index in [1.165, 1.54) is 0 Å². The van der Waals surface area contributed by atoms with Crippen molar-refractivity contribution in [2.75, 3.05) is 25.0 Å². The van der Waals surface area contributed by atoms with E-state index in [1.807, 2.05) is 60.7 Å². The van der Waals surface area contributed by atoms with E-state index >= 15 is 0 Å². The molecule has 0 unspecified atom stereocenters. The molecule has 2 aliphatic heterocycles. The maximum absolute atomic E-state index is 13.1. The minimum absolute atomic E-state index is 0.0724. The van der Waals surface area contributed by atoms with Crippen molar-refractivity contribution in [1.29, 1.82) is 0 Å². The largest absolute Gasteiger partial charge is 0.324 e. The Morgan fingerprint density at radius 3 is 2.32 bits per heavy atom. The molecule has 0 aliphatic carbocycles. The standard InChI is InChI=1S/C21H25N3O3S/c25-21(22-19-9-5-2-6-10-19)23-13-11-18-16-24(15-17-7-3-1-4-8-17)28(26,27)20(18)12-14-23/h1-10,18,20H,11-16H2,(H,22,25)/t18-,20-/m1/s1. The summed E-state index contributed by atoms with van der Waals surface area (Å²) in [6.07, 6.45) is 1.19. The molecule has 0 bridgehead atoms. The molecule has 148 valence electrons. The highest BCUT2D eigenvalue weighted by Gasteiger charge is 2.47. The van der Waals surface area contributed by atoms with Gasteiger partial charge in [0.2, 0.25) is 10.0 Å². The SMILES string of the molecule is O=C(Nc1ccccc1)N1CC[C@@H]2CN(Cc3ccccc3)S(=O)(=O)[C@@H]2CC1. The average Bonchev–Trinajstić information content (AvgIpc) is 2.84. The Bertz CT molecular complexity index is 918. The van der Waals surface area contributed by atoms with Crippen LogP contribution in [0.15, 0.2) is 60.7 Å². The molecule has 0 spiro atoms. The Kier molecular flexibility index (Phi) is 5.37. The van der Waals surface area contributed by atoms with Crippen molar-refractivity contribution in [3.05, 3.63) is 66.2 Å². The summed E-state index contributed by atoms with van der Waals surface area (Å²) in [6.45, 7) is 2.00. The van der Waals surface area contributed by atoms with Crippen LogP contribution in [-0.4, -0.2) is 48.5 Å². The number of urea groups is 1. The normalized spacial score (nSPS) is 24.4. The molecule has 2 amide bonds. The van der Waals surface area contributed by atoms with Crippen LogP contribution < -0.4 is 5.32 Å². The number of anilines is 1. The van der Waals surface area contributed by atoms with Gasteiger partial charge in [0.05, 0.1) is 5.25 Å². The number of fused-ring (bicyclic) bond motifs is 1. The summed E-state index contributed by atoms with van der Waals surface area (Å²) in [6, 6.07) is 18.9. The number of nitrogens with one attached hydrogen (secondary N) is 1. The van der Waals surface area contributed by atoms with Gasteiger partial charge in [-0.2, -0.15) is 4.31 Å². The second-order valence-corrected chi connectivity index (χ2v) is 9.63. The van der Waals surface area contributed by atoms with Crippen LogP contribution in [-0.2, 0) is 16.6 Å². The number of likely N-dealkylation sites (tertiary alicyclic amines) is 1. The summed E-state index contributed by atoms with van der Waals surface area (Å²) in [5.74, 6) is 0.0724. The van der Waals surface area contributed by atoms with E-state index in [4.69, 9.17) is 0 Å². The van der Waals surface area contributed by atoms with Crippen LogP contribution in [0, 0.1) is 5.92 Å². The molecule has 6 nitrogen and oxygen atoms in total. The Morgan fingerprint density at radius 2 is 1.61 bits per heavy atom. The molecule has 2 saturated heterocycles. The van der Waals surface area contributed by atoms with Crippen molar-refractivity contribution in [3.8, 4) is 0 Å². The second kappa shape index (κ2) is 7.93. The van der Waals surface area contributed by atoms with Gasteiger partial charge >= 0.3 is 6.03 Å². The predicted molar refractivity (Wildman–Crippen MR) is 109 cm³/mol. The fourth-order valence-electron chi connectivity index (χ4n) is 4.16. The van der Waals surface area contributed by atoms with E-state index < -0.39 is 15.3 Å². The van der Waals surface area contributed by atoms with Gasteiger partial charge in [-0.25, -0.2) is 13.2 Å². The van der Waals surface area contributed by atoms with Crippen LogP contribution in [0.1, 0.15) is 18.4 Å². The summed E-state index contributed by atoms with van der Waals surface area (Å²) in [7, 11) is -3.34. The lowest BCUT2D eigenvalue weighted by molar-refractivity contribution is 0.212. The molecule has 0 radical (unpaired) electrons. The van der Waals surface area contributed by atoms with Gasteiger partial charge in [-0.1, -0.05) is 48.5 Å². The van der Waals surface area contributed by atoms with Crippen LogP contribution in [0.3, 0.4) is 0 Å². The van der Waals surface area contributed by atoms with Crippen LogP contribution in [0.4, 0.5) is 10.5 Å². The maximum atomic E-state index is 13.1. The van der Waals surface area contributed by atoms with Gasteiger partial charge in [-0.15, -0.1) is 0 Å². The van der Waals surface area contributed by atoms with Crippen molar-refractivity contribution in [1.82, 2.24) is 9.21 Å². The summed E-state index contributed by atoms with van der Waals surface area (Å²) in [5, 5.41) is 2.50. The van der Waals surface area contributed by atoms with Gasteiger partial charge in [-0.3, -0.25) is 0 Å². The molecular formula is C21H25N3O3S. The lowest BCUT2D eigenvalue weighted by Crippen LogP contribution is -2.37. The van der Waals surface area contributed by atoms with E-state index in [-0.39, 0.29) is 11.9 Å². The zero-order valence-corrected chi connectivity index (χ0v) is 16.5. The van der Waals surface area contributed by atoms with E-state index in [9.17, 15) is 13.2 Å². The summed E-state index contributed by atoms with van der Waals surface area (Å²) in [4.78, 5) is 14.3. The van der Waals surface area contributed by atoms with Crippen LogP contribution in [0.2, 0.25) is 0 Å². The molecule has 2 atom stereocenters. The van der Waals surface area contributed by atoms with Crippen molar-refractivity contribution in [2.24, 2.45) is 5.92 Å². The monoisotopic (exact) mass is 399 g/mol. The van der Waals surface area contributed by atoms with E-state index in [1.54, 1.807) is 9.21 Å². The zero-order valence-electron chi connectivity index (χ0n) is 15.7. The topological polar surface area (TPSA) is 69.7 Å². The molecule has 2 fully saturated rings. The highest BCUT2D eigenvalue weighted by atomic mass is 32.2. The lowest BCUT2D eigenvalue weighted by atomic mass is 10.0. The Hall–Kier alpha value is -2.38. The molecule has 0 saturated carbocycles. The van der Waals surface area contributed by atoms with Gasteiger partial charge in [0.25, 0.3) is 0 Å². The third-order valence-electron chi connectivity index (χ3n) is 5.67. The second-order valence-electron chi connectivity index (χ2n) is 7.48. The molecule has 2 aromatic rings. The summed E-state index contributed by atoms with van der Waals surface area (Å²) in [5.41, 5.74) is 1.75. The summed E-state index contributed by atoms with van der Waals surface area (Å²) < 4.78 is 27.7. The highest BCUT2D eigenvalue weighted by Crippen LogP contribution is 2.35.